The number of aromatic nitrogens is 1. The highest BCUT2D eigenvalue weighted by Crippen LogP contribution is 2.27. The maximum atomic E-state index is 12.6. The van der Waals surface area contributed by atoms with Gasteiger partial charge in [-0.2, -0.15) is 0 Å². The van der Waals surface area contributed by atoms with E-state index in [2.05, 4.69) is 15.6 Å². The minimum absolute atomic E-state index is 0.131. The van der Waals surface area contributed by atoms with Crippen LogP contribution >= 0.6 is 0 Å². The molecule has 0 unspecified atom stereocenters. The first-order valence-corrected chi connectivity index (χ1v) is 7.39. The quantitative estimate of drug-likeness (QED) is 0.909. The van der Waals surface area contributed by atoms with E-state index in [1.54, 1.807) is 18.3 Å². The van der Waals surface area contributed by atoms with Crippen LogP contribution in [0.25, 0.3) is 0 Å². The fourth-order valence-electron chi connectivity index (χ4n) is 2.82. The van der Waals surface area contributed by atoms with Gasteiger partial charge in [-0.1, -0.05) is 18.2 Å². The second-order valence-electron chi connectivity index (χ2n) is 5.29. The molecule has 1 atom stereocenters. The molecule has 2 aromatic rings. The average molecular weight is 297 g/mol. The molecule has 0 aliphatic carbocycles. The van der Waals surface area contributed by atoms with Crippen LogP contribution in [0.4, 0.5) is 5.69 Å². The number of anilines is 1. The Morgan fingerprint density at radius 3 is 2.95 bits per heavy atom. The lowest BCUT2D eigenvalue weighted by atomic mass is 9.93. The van der Waals surface area contributed by atoms with Crippen molar-refractivity contribution in [1.29, 1.82) is 0 Å². The third kappa shape index (κ3) is 2.94. The van der Waals surface area contributed by atoms with E-state index in [4.69, 9.17) is 4.74 Å². The largest absolute Gasteiger partial charge is 0.480 e. The zero-order chi connectivity index (χ0) is 15.4. The van der Waals surface area contributed by atoms with Gasteiger partial charge < -0.3 is 15.4 Å². The van der Waals surface area contributed by atoms with E-state index in [1.807, 2.05) is 24.3 Å². The molecule has 3 rings (SSSR count). The smallest absolute Gasteiger partial charge is 0.256 e. The molecule has 5 nitrogen and oxygen atoms in total. The molecular weight excluding hydrogens is 278 g/mol. The molecule has 1 aromatic carbocycles. The van der Waals surface area contributed by atoms with Gasteiger partial charge in [0.2, 0.25) is 5.88 Å². The lowest BCUT2D eigenvalue weighted by Gasteiger charge is -2.15. The Labute approximate surface area is 129 Å². The molecule has 1 saturated heterocycles. The Hall–Kier alpha value is -2.40. The summed E-state index contributed by atoms with van der Waals surface area (Å²) in [5, 5.41) is 6.24. The van der Waals surface area contributed by atoms with Crippen LogP contribution < -0.4 is 15.4 Å². The Balaban J connectivity index is 1.86. The van der Waals surface area contributed by atoms with Gasteiger partial charge in [-0.25, -0.2) is 4.98 Å². The maximum absolute atomic E-state index is 12.6. The van der Waals surface area contributed by atoms with E-state index in [1.165, 1.54) is 7.11 Å². The van der Waals surface area contributed by atoms with Crippen molar-refractivity contribution in [2.24, 2.45) is 0 Å². The van der Waals surface area contributed by atoms with E-state index in [9.17, 15) is 4.79 Å². The van der Waals surface area contributed by atoms with E-state index >= 15 is 0 Å². The number of hydrogen-bond donors (Lipinski definition) is 2. The SMILES string of the molecule is COc1ncccc1NC(=O)c1ccccc1[C@H]1CCNC1. The molecule has 1 aliphatic rings. The number of amides is 1. The summed E-state index contributed by atoms with van der Waals surface area (Å²) in [7, 11) is 1.54. The lowest BCUT2D eigenvalue weighted by Crippen LogP contribution is -2.17. The number of ether oxygens (including phenoxy) is 1. The Kier molecular flexibility index (Phi) is 4.34. The van der Waals surface area contributed by atoms with Gasteiger partial charge in [0, 0.05) is 18.3 Å². The summed E-state index contributed by atoms with van der Waals surface area (Å²) in [6.45, 7) is 1.91. The van der Waals surface area contributed by atoms with Crippen LogP contribution in [0.5, 0.6) is 5.88 Å². The molecule has 1 aromatic heterocycles. The Morgan fingerprint density at radius 1 is 1.32 bits per heavy atom. The molecule has 1 amide bonds. The number of hydrogen-bond acceptors (Lipinski definition) is 4. The molecule has 114 valence electrons. The minimum atomic E-state index is -0.131. The first-order valence-electron chi connectivity index (χ1n) is 7.39. The van der Waals surface area contributed by atoms with Gasteiger partial charge in [0.05, 0.1) is 7.11 Å². The summed E-state index contributed by atoms with van der Waals surface area (Å²) in [4.78, 5) is 16.7. The normalized spacial score (nSPS) is 17.2. The monoisotopic (exact) mass is 297 g/mol. The van der Waals surface area contributed by atoms with Crippen molar-refractivity contribution in [1.82, 2.24) is 10.3 Å². The van der Waals surface area contributed by atoms with Gasteiger partial charge in [-0.15, -0.1) is 0 Å². The fraction of sp³-hybridized carbons (Fsp3) is 0.294. The summed E-state index contributed by atoms with van der Waals surface area (Å²) in [5.74, 6) is 0.669. The van der Waals surface area contributed by atoms with Crippen LogP contribution in [0.2, 0.25) is 0 Å². The molecule has 2 N–H and O–H groups in total. The van der Waals surface area contributed by atoms with Crippen molar-refractivity contribution in [2.75, 3.05) is 25.5 Å². The zero-order valence-corrected chi connectivity index (χ0v) is 12.5. The van der Waals surface area contributed by atoms with Crippen LogP contribution in [-0.4, -0.2) is 31.1 Å². The predicted octanol–water partition coefficient (Wildman–Crippen LogP) is 2.42. The van der Waals surface area contributed by atoms with Gasteiger partial charge in [0.25, 0.3) is 5.91 Å². The number of nitrogens with zero attached hydrogens (tertiary/aromatic N) is 1. The Morgan fingerprint density at radius 2 is 2.18 bits per heavy atom. The molecule has 1 aliphatic heterocycles. The molecule has 0 saturated carbocycles. The van der Waals surface area contributed by atoms with Crippen LogP contribution in [0.15, 0.2) is 42.6 Å². The highest BCUT2D eigenvalue weighted by molar-refractivity contribution is 6.06. The van der Waals surface area contributed by atoms with Crippen molar-refractivity contribution in [3.8, 4) is 5.88 Å². The summed E-state index contributed by atoms with van der Waals surface area (Å²) in [6, 6.07) is 11.3. The van der Waals surface area contributed by atoms with E-state index < -0.39 is 0 Å². The zero-order valence-electron chi connectivity index (χ0n) is 12.5. The van der Waals surface area contributed by atoms with Gasteiger partial charge >= 0.3 is 0 Å². The highest BCUT2D eigenvalue weighted by Gasteiger charge is 2.22. The molecule has 5 heteroatoms. The van der Waals surface area contributed by atoms with Crippen molar-refractivity contribution in [3.63, 3.8) is 0 Å². The second kappa shape index (κ2) is 6.58. The molecule has 22 heavy (non-hydrogen) atoms. The first kappa shape index (κ1) is 14.5. The molecule has 0 radical (unpaired) electrons. The van der Waals surface area contributed by atoms with Crippen LogP contribution in [0.3, 0.4) is 0 Å². The molecule has 0 spiro atoms. The van der Waals surface area contributed by atoms with Crippen molar-refractivity contribution < 1.29 is 9.53 Å². The Bertz CT molecular complexity index is 666. The number of pyridine rings is 1. The molecular formula is C17H19N3O2. The third-order valence-electron chi connectivity index (χ3n) is 3.92. The van der Waals surface area contributed by atoms with Crippen molar-refractivity contribution in [2.45, 2.75) is 12.3 Å². The number of carbonyl (C=O) groups is 1. The number of benzene rings is 1. The number of nitrogens with one attached hydrogen (secondary N) is 2. The molecule has 0 bridgehead atoms. The van der Waals surface area contributed by atoms with E-state index in [0.29, 0.717) is 23.0 Å². The molecule has 2 heterocycles. The topological polar surface area (TPSA) is 63.2 Å². The van der Waals surface area contributed by atoms with Crippen LogP contribution in [0.1, 0.15) is 28.3 Å². The summed E-state index contributed by atoms with van der Waals surface area (Å²) >= 11 is 0. The summed E-state index contributed by atoms with van der Waals surface area (Å²) in [5.41, 5.74) is 2.38. The maximum Gasteiger partial charge on any atom is 0.256 e. The third-order valence-corrected chi connectivity index (χ3v) is 3.92. The lowest BCUT2D eigenvalue weighted by molar-refractivity contribution is 0.102. The number of rotatable bonds is 4. The van der Waals surface area contributed by atoms with E-state index in [0.717, 1.165) is 25.1 Å². The van der Waals surface area contributed by atoms with Gasteiger partial charge in [-0.05, 0) is 42.6 Å². The second-order valence-corrected chi connectivity index (χ2v) is 5.29. The minimum Gasteiger partial charge on any atom is -0.480 e. The number of carbonyl (C=O) groups excluding carboxylic acids is 1. The summed E-state index contributed by atoms with van der Waals surface area (Å²) in [6.07, 6.45) is 2.69. The standard InChI is InChI=1S/C17H19N3O2/c1-22-17-15(7-4-9-19-17)20-16(21)14-6-3-2-5-13(14)12-8-10-18-11-12/h2-7,9,12,18H,8,10-11H2,1H3,(H,20,21)/t12-/m0/s1. The predicted molar refractivity (Wildman–Crippen MR) is 85.4 cm³/mol. The van der Waals surface area contributed by atoms with E-state index in [-0.39, 0.29) is 5.91 Å². The molecule has 1 fully saturated rings. The number of methoxy groups -OCH3 is 1. The van der Waals surface area contributed by atoms with Crippen molar-refractivity contribution >= 4 is 11.6 Å². The van der Waals surface area contributed by atoms with Gasteiger partial charge in [-0.3, -0.25) is 4.79 Å². The fourth-order valence-corrected chi connectivity index (χ4v) is 2.82. The summed E-state index contributed by atoms with van der Waals surface area (Å²) < 4.78 is 5.18. The van der Waals surface area contributed by atoms with Crippen molar-refractivity contribution in [3.05, 3.63) is 53.7 Å². The first-order chi connectivity index (χ1) is 10.8. The van der Waals surface area contributed by atoms with Crippen LogP contribution in [0, 0.1) is 0 Å². The van der Waals surface area contributed by atoms with Gasteiger partial charge in [0.15, 0.2) is 0 Å². The average Bonchev–Trinajstić information content (AvgIpc) is 3.09. The van der Waals surface area contributed by atoms with Gasteiger partial charge in [0.1, 0.15) is 5.69 Å². The van der Waals surface area contributed by atoms with Crippen LogP contribution in [-0.2, 0) is 0 Å². The highest BCUT2D eigenvalue weighted by atomic mass is 16.5.